The summed E-state index contributed by atoms with van der Waals surface area (Å²) in [5.41, 5.74) is -0.115. The Kier molecular flexibility index (Phi) is 5.01. The van der Waals surface area contributed by atoms with Gasteiger partial charge in [-0.1, -0.05) is 24.4 Å². The number of hydrogen-bond donors (Lipinski definition) is 1. The minimum atomic E-state index is -0.704. The molecule has 21 heavy (non-hydrogen) atoms. The van der Waals surface area contributed by atoms with Crippen molar-refractivity contribution in [1.29, 1.82) is 0 Å². The zero-order chi connectivity index (χ0) is 15.4. The van der Waals surface area contributed by atoms with Crippen molar-refractivity contribution in [2.24, 2.45) is 0 Å². The zero-order valence-electron chi connectivity index (χ0n) is 11.7. The molecule has 1 unspecified atom stereocenters. The molecule has 1 N–H and O–H groups in total. The minimum absolute atomic E-state index is 0.115. The topological polar surface area (TPSA) is 81.5 Å². The number of non-ortho nitro benzene ring substituents is 1. The number of rotatable bonds is 5. The second-order valence-corrected chi connectivity index (χ2v) is 5.53. The molecule has 1 fully saturated rings. The molecule has 7 heteroatoms. The minimum Gasteiger partial charge on any atom is -0.479 e. The van der Waals surface area contributed by atoms with E-state index in [0.29, 0.717) is 0 Å². The van der Waals surface area contributed by atoms with Gasteiger partial charge in [-0.05, 0) is 25.8 Å². The van der Waals surface area contributed by atoms with Gasteiger partial charge in [0, 0.05) is 18.2 Å². The van der Waals surface area contributed by atoms with Crippen LogP contribution in [0.5, 0.6) is 5.75 Å². The average Bonchev–Trinajstić information content (AvgIpc) is 2.93. The Labute approximate surface area is 127 Å². The van der Waals surface area contributed by atoms with Gasteiger partial charge in [0.15, 0.2) is 6.10 Å². The molecule has 0 heterocycles. The summed E-state index contributed by atoms with van der Waals surface area (Å²) in [5, 5.41) is 13.7. The number of carbonyl (C=O) groups excluding carboxylic acids is 1. The Bertz CT molecular complexity index is 544. The second-order valence-electron chi connectivity index (χ2n) is 5.12. The number of carbonyl (C=O) groups is 1. The number of ether oxygens (including phenoxy) is 1. The van der Waals surface area contributed by atoms with Crippen LogP contribution in [0.3, 0.4) is 0 Å². The standard InChI is InChI=1S/C14H17ClN2O4/c1-9(14(18)16-10-4-2-3-5-10)21-13-7-6-11(17(19)20)8-12(13)15/h6-10H,2-5H2,1H3,(H,16,18). The monoisotopic (exact) mass is 312 g/mol. The normalized spacial score (nSPS) is 16.5. The van der Waals surface area contributed by atoms with E-state index in [0.717, 1.165) is 25.7 Å². The van der Waals surface area contributed by atoms with Crippen molar-refractivity contribution in [3.63, 3.8) is 0 Å². The fourth-order valence-corrected chi connectivity index (χ4v) is 2.55. The summed E-state index contributed by atoms with van der Waals surface area (Å²) in [6.45, 7) is 1.63. The Morgan fingerprint density at radius 2 is 2.14 bits per heavy atom. The predicted molar refractivity (Wildman–Crippen MR) is 78.6 cm³/mol. The van der Waals surface area contributed by atoms with E-state index in [2.05, 4.69) is 5.32 Å². The average molecular weight is 313 g/mol. The largest absolute Gasteiger partial charge is 0.479 e. The molecule has 114 valence electrons. The van der Waals surface area contributed by atoms with Crippen LogP contribution >= 0.6 is 11.6 Å². The van der Waals surface area contributed by atoms with Crippen molar-refractivity contribution in [2.45, 2.75) is 44.8 Å². The summed E-state index contributed by atoms with van der Waals surface area (Å²) in [6.07, 6.45) is 3.56. The molecule has 1 saturated carbocycles. The molecule has 1 amide bonds. The first-order valence-corrected chi connectivity index (χ1v) is 7.26. The van der Waals surface area contributed by atoms with Crippen LogP contribution < -0.4 is 10.1 Å². The third kappa shape index (κ3) is 4.07. The van der Waals surface area contributed by atoms with Crippen LogP contribution in [0.25, 0.3) is 0 Å². The highest BCUT2D eigenvalue weighted by Crippen LogP contribution is 2.29. The van der Waals surface area contributed by atoms with Crippen molar-refractivity contribution in [3.8, 4) is 5.75 Å². The maximum Gasteiger partial charge on any atom is 0.271 e. The zero-order valence-corrected chi connectivity index (χ0v) is 12.4. The van der Waals surface area contributed by atoms with Gasteiger partial charge in [0.25, 0.3) is 11.6 Å². The lowest BCUT2D eigenvalue weighted by Crippen LogP contribution is -2.41. The number of nitrogens with zero attached hydrogens (tertiary/aromatic N) is 1. The molecule has 1 aromatic rings. The molecule has 1 atom stereocenters. The molecule has 0 bridgehead atoms. The van der Waals surface area contributed by atoms with Crippen molar-refractivity contribution in [2.75, 3.05) is 0 Å². The Hall–Kier alpha value is -1.82. The molecule has 0 spiro atoms. The lowest BCUT2D eigenvalue weighted by Gasteiger charge is -2.18. The fraction of sp³-hybridized carbons (Fsp3) is 0.500. The van der Waals surface area contributed by atoms with E-state index < -0.39 is 11.0 Å². The van der Waals surface area contributed by atoms with E-state index in [-0.39, 0.29) is 28.4 Å². The molecular weight excluding hydrogens is 296 g/mol. The summed E-state index contributed by atoms with van der Waals surface area (Å²) in [6, 6.07) is 4.12. The van der Waals surface area contributed by atoms with Crippen LogP contribution in [-0.2, 0) is 4.79 Å². The molecule has 1 aliphatic rings. The Balaban J connectivity index is 1.96. The van der Waals surface area contributed by atoms with Gasteiger partial charge in [-0.25, -0.2) is 0 Å². The van der Waals surface area contributed by atoms with Crippen LogP contribution in [0.15, 0.2) is 18.2 Å². The summed E-state index contributed by atoms with van der Waals surface area (Å²) in [4.78, 5) is 22.1. The molecular formula is C14H17ClN2O4. The van der Waals surface area contributed by atoms with E-state index >= 15 is 0 Å². The van der Waals surface area contributed by atoms with Gasteiger partial charge in [0.05, 0.1) is 9.95 Å². The first-order valence-electron chi connectivity index (χ1n) is 6.88. The maximum atomic E-state index is 12.0. The van der Waals surface area contributed by atoms with Crippen LogP contribution in [0.4, 0.5) is 5.69 Å². The number of benzene rings is 1. The van der Waals surface area contributed by atoms with E-state index in [1.165, 1.54) is 18.2 Å². The van der Waals surface area contributed by atoms with Crippen LogP contribution in [0.1, 0.15) is 32.6 Å². The van der Waals surface area contributed by atoms with E-state index in [1.54, 1.807) is 6.92 Å². The first-order chi connectivity index (χ1) is 9.97. The van der Waals surface area contributed by atoms with Crippen LogP contribution in [0, 0.1) is 10.1 Å². The van der Waals surface area contributed by atoms with Crippen molar-refractivity contribution in [1.82, 2.24) is 5.32 Å². The van der Waals surface area contributed by atoms with Gasteiger partial charge in [-0.2, -0.15) is 0 Å². The predicted octanol–water partition coefficient (Wildman–Crippen LogP) is 3.07. The third-order valence-electron chi connectivity index (χ3n) is 3.50. The first kappa shape index (κ1) is 15.6. The number of amides is 1. The third-order valence-corrected chi connectivity index (χ3v) is 3.80. The van der Waals surface area contributed by atoms with E-state index in [1.807, 2.05) is 0 Å². The number of hydrogen-bond acceptors (Lipinski definition) is 4. The maximum absolute atomic E-state index is 12.0. The SMILES string of the molecule is CC(Oc1ccc([N+](=O)[O-])cc1Cl)C(=O)NC1CCCC1. The molecule has 6 nitrogen and oxygen atoms in total. The van der Waals surface area contributed by atoms with E-state index in [4.69, 9.17) is 16.3 Å². The van der Waals surface area contributed by atoms with E-state index in [9.17, 15) is 14.9 Å². The molecule has 0 radical (unpaired) electrons. The summed E-state index contributed by atoms with van der Waals surface area (Å²) < 4.78 is 5.49. The Morgan fingerprint density at radius 1 is 1.48 bits per heavy atom. The molecule has 0 aromatic heterocycles. The van der Waals surface area contributed by atoms with Crippen molar-refractivity contribution in [3.05, 3.63) is 33.3 Å². The van der Waals surface area contributed by atoms with Gasteiger partial charge in [0.1, 0.15) is 5.75 Å². The van der Waals surface area contributed by atoms with Crippen LogP contribution in [-0.4, -0.2) is 23.0 Å². The molecule has 1 aromatic carbocycles. The van der Waals surface area contributed by atoms with Crippen molar-refractivity contribution >= 4 is 23.2 Å². The smallest absolute Gasteiger partial charge is 0.271 e. The van der Waals surface area contributed by atoms with Gasteiger partial charge in [-0.15, -0.1) is 0 Å². The molecule has 0 saturated heterocycles. The van der Waals surface area contributed by atoms with Gasteiger partial charge < -0.3 is 10.1 Å². The van der Waals surface area contributed by atoms with Crippen LogP contribution in [0.2, 0.25) is 5.02 Å². The number of nitro groups is 1. The highest BCUT2D eigenvalue weighted by atomic mass is 35.5. The summed E-state index contributed by atoms with van der Waals surface area (Å²) >= 11 is 5.93. The number of nitrogens with one attached hydrogen (secondary N) is 1. The lowest BCUT2D eigenvalue weighted by atomic mass is 10.2. The van der Waals surface area contributed by atoms with Gasteiger partial charge in [0.2, 0.25) is 0 Å². The quantitative estimate of drug-likeness (QED) is 0.669. The van der Waals surface area contributed by atoms with Crippen molar-refractivity contribution < 1.29 is 14.5 Å². The molecule has 0 aliphatic heterocycles. The van der Waals surface area contributed by atoms with Gasteiger partial charge in [-0.3, -0.25) is 14.9 Å². The highest BCUT2D eigenvalue weighted by molar-refractivity contribution is 6.32. The molecule has 1 aliphatic carbocycles. The number of halogens is 1. The summed E-state index contributed by atoms with van der Waals surface area (Å²) in [7, 11) is 0. The number of nitro benzene ring substituents is 1. The second kappa shape index (κ2) is 6.76. The lowest BCUT2D eigenvalue weighted by molar-refractivity contribution is -0.384. The fourth-order valence-electron chi connectivity index (χ4n) is 2.33. The highest BCUT2D eigenvalue weighted by Gasteiger charge is 2.22. The summed E-state index contributed by atoms with van der Waals surface area (Å²) in [5.74, 6) is 0.0626. The Morgan fingerprint density at radius 3 is 2.71 bits per heavy atom. The molecule has 2 rings (SSSR count). The van der Waals surface area contributed by atoms with Gasteiger partial charge >= 0.3 is 0 Å².